The van der Waals surface area contributed by atoms with Crippen molar-refractivity contribution in [1.82, 2.24) is 8.69 Å². The number of hydrogen-bond donors (Lipinski definition) is 2. The largest absolute Gasteiger partial charge is 0.478 e. The third-order valence-corrected chi connectivity index (χ3v) is 7.85. The van der Waals surface area contributed by atoms with Gasteiger partial charge in [-0.15, -0.1) is 0 Å². The van der Waals surface area contributed by atoms with Crippen LogP contribution in [-0.2, 0) is 33.1 Å². The number of carbonyl (C=O) groups is 2. The molecule has 0 radical (unpaired) electrons. The van der Waals surface area contributed by atoms with Crippen LogP contribution in [-0.4, -0.2) is 43.1 Å². The highest BCUT2D eigenvalue weighted by Crippen LogP contribution is 2.30. The SMILES string of the molecule is COC(=O)c1cccc2c1c(S(=O)NCCc1ccc(C(=O)O)cc1)cn2S(=O)c1ccccc1. The van der Waals surface area contributed by atoms with Gasteiger partial charge in [0.05, 0.1) is 33.5 Å². The van der Waals surface area contributed by atoms with Crippen LogP contribution >= 0.6 is 0 Å². The molecule has 180 valence electrons. The molecule has 0 fully saturated rings. The first-order valence-electron chi connectivity index (χ1n) is 10.6. The summed E-state index contributed by atoms with van der Waals surface area (Å²) in [4.78, 5) is 24.3. The maximum atomic E-state index is 13.3. The van der Waals surface area contributed by atoms with Crippen LogP contribution in [0.25, 0.3) is 10.9 Å². The van der Waals surface area contributed by atoms with Gasteiger partial charge in [0.1, 0.15) is 11.0 Å². The number of methoxy groups -OCH3 is 1. The Labute approximate surface area is 206 Å². The van der Waals surface area contributed by atoms with Crippen molar-refractivity contribution < 1.29 is 27.9 Å². The molecule has 0 amide bonds. The predicted molar refractivity (Wildman–Crippen MR) is 133 cm³/mol. The van der Waals surface area contributed by atoms with Crippen molar-refractivity contribution in [3.05, 3.63) is 95.7 Å². The number of ether oxygens (including phenoxy) is 1. The third-order valence-electron chi connectivity index (χ3n) is 5.34. The Hall–Kier alpha value is -3.60. The third kappa shape index (κ3) is 5.24. The van der Waals surface area contributed by atoms with E-state index in [4.69, 9.17) is 9.84 Å². The maximum absolute atomic E-state index is 13.3. The van der Waals surface area contributed by atoms with Crippen molar-refractivity contribution in [2.45, 2.75) is 16.2 Å². The van der Waals surface area contributed by atoms with Gasteiger partial charge in [-0.3, -0.25) is 3.97 Å². The van der Waals surface area contributed by atoms with E-state index in [9.17, 15) is 18.0 Å². The summed E-state index contributed by atoms with van der Waals surface area (Å²) in [6.45, 7) is 0.327. The fourth-order valence-electron chi connectivity index (χ4n) is 3.61. The predicted octanol–water partition coefficient (Wildman–Crippen LogP) is 3.55. The van der Waals surface area contributed by atoms with Crippen molar-refractivity contribution in [1.29, 1.82) is 0 Å². The molecule has 3 aromatic carbocycles. The smallest absolute Gasteiger partial charge is 0.338 e. The van der Waals surface area contributed by atoms with Crippen LogP contribution in [0.15, 0.2) is 88.8 Å². The molecule has 2 atom stereocenters. The zero-order chi connectivity index (χ0) is 24.9. The van der Waals surface area contributed by atoms with Crippen molar-refractivity contribution in [3.63, 3.8) is 0 Å². The molecular formula is C25H22N2O6S2. The highest BCUT2D eigenvalue weighted by atomic mass is 32.2. The minimum atomic E-state index is -1.73. The molecule has 0 aliphatic heterocycles. The Morgan fingerprint density at radius 1 is 0.971 bits per heavy atom. The van der Waals surface area contributed by atoms with Gasteiger partial charge in [-0.1, -0.05) is 36.4 Å². The van der Waals surface area contributed by atoms with Gasteiger partial charge in [-0.2, -0.15) is 0 Å². The quantitative estimate of drug-likeness (QED) is 0.333. The Morgan fingerprint density at radius 3 is 2.34 bits per heavy atom. The zero-order valence-electron chi connectivity index (χ0n) is 18.7. The molecule has 4 aromatic rings. The van der Waals surface area contributed by atoms with Crippen LogP contribution in [0.2, 0.25) is 0 Å². The molecule has 2 N–H and O–H groups in total. The number of carboxylic acid groups (broad SMARTS) is 1. The minimum Gasteiger partial charge on any atom is -0.478 e. The highest BCUT2D eigenvalue weighted by molar-refractivity contribution is 7.84. The number of carboxylic acids is 1. The Balaban J connectivity index is 1.65. The minimum absolute atomic E-state index is 0.194. The van der Waals surface area contributed by atoms with Crippen molar-refractivity contribution in [2.75, 3.05) is 13.7 Å². The zero-order valence-corrected chi connectivity index (χ0v) is 20.3. The Morgan fingerprint density at radius 2 is 1.69 bits per heavy atom. The molecule has 0 spiro atoms. The van der Waals surface area contributed by atoms with Crippen LogP contribution in [0.4, 0.5) is 0 Å². The summed E-state index contributed by atoms with van der Waals surface area (Å²) in [6.07, 6.45) is 2.04. The van der Waals surface area contributed by atoms with Gasteiger partial charge in [-0.25, -0.2) is 22.7 Å². The number of aromatic nitrogens is 1. The molecule has 0 bridgehead atoms. The van der Waals surface area contributed by atoms with E-state index in [0.717, 1.165) is 5.56 Å². The van der Waals surface area contributed by atoms with Crippen LogP contribution < -0.4 is 4.72 Å². The van der Waals surface area contributed by atoms with Crippen LogP contribution in [0.5, 0.6) is 0 Å². The molecule has 10 heteroatoms. The van der Waals surface area contributed by atoms with Crippen molar-refractivity contribution >= 4 is 44.8 Å². The van der Waals surface area contributed by atoms with Gasteiger partial charge >= 0.3 is 11.9 Å². The topological polar surface area (TPSA) is 115 Å². The van der Waals surface area contributed by atoms with Crippen LogP contribution in [0.3, 0.4) is 0 Å². The fraction of sp³-hybridized carbons (Fsp3) is 0.120. The normalized spacial score (nSPS) is 12.8. The molecule has 1 heterocycles. The average Bonchev–Trinajstić information content (AvgIpc) is 3.28. The number of fused-ring (bicyclic) bond motifs is 1. The summed E-state index contributed by atoms with van der Waals surface area (Å²) in [6, 6.07) is 20.3. The second-order valence-electron chi connectivity index (χ2n) is 7.49. The first-order chi connectivity index (χ1) is 16.9. The van der Waals surface area contributed by atoms with E-state index >= 15 is 0 Å². The summed E-state index contributed by atoms with van der Waals surface area (Å²) in [7, 11) is -2.09. The second kappa shape index (κ2) is 10.8. The van der Waals surface area contributed by atoms with Crippen LogP contribution in [0.1, 0.15) is 26.3 Å². The lowest BCUT2D eigenvalue weighted by Crippen LogP contribution is -2.20. The van der Waals surface area contributed by atoms with Crippen molar-refractivity contribution in [2.24, 2.45) is 0 Å². The first kappa shape index (κ1) is 24.5. The Bertz CT molecular complexity index is 1430. The summed E-state index contributed by atoms with van der Waals surface area (Å²) in [5.74, 6) is -1.59. The van der Waals surface area contributed by atoms with Crippen molar-refractivity contribution in [3.8, 4) is 0 Å². The molecular weight excluding hydrogens is 488 g/mol. The van der Waals surface area contributed by atoms with E-state index in [1.54, 1.807) is 54.6 Å². The lowest BCUT2D eigenvalue weighted by Gasteiger charge is -2.07. The fourth-order valence-corrected chi connectivity index (χ4v) is 5.87. The molecule has 35 heavy (non-hydrogen) atoms. The summed E-state index contributed by atoms with van der Waals surface area (Å²) >= 11 is 0. The molecule has 1 aromatic heterocycles. The van der Waals surface area contributed by atoms with Gasteiger partial charge < -0.3 is 9.84 Å². The number of esters is 1. The van der Waals surface area contributed by atoms with E-state index in [0.29, 0.717) is 33.7 Å². The number of nitrogens with zero attached hydrogens (tertiary/aromatic N) is 1. The monoisotopic (exact) mass is 510 g/mol. The van der Waals surface area contributed by atoms with Crippen LogP contribution in [0, 0.1) is 0 Å². The number of benzene rings is 3. The second-order valence-corrected chi connectivity index (χ2v) is 10.1. The highest BCUT2D eigenvalue weighted by Gasteiger charge is 2.23. The lowest BCUT2D eigenvalue weighted by molar-refractivity contribution is 0.0602. The lowest BCUT2D eigenvalue weighted by atomic mass is 10.1. The summed E-state index contributed by atoms with van der Waals surface area (Å²) in [5, 5.41) is 9.42. The average molecular weight is 511 g/mol. The van der Waals surface area contributed by atoms with E-state index in [-0.39, 0.29) is 11.1 Å². The van der Waals surface area contributed by atoms with E-state index in [1.165, 1.54) is 29.4 Å². The van der Waals surface area contributed by atoms with Gasteiger partial charge in [0.2, 0.25) is 0 Å². The Kier molecular flexibility index (Phi) is 7.54. The maximum Gasteiger partial charge on any atom is 0.338 e. The number of carbonyl (C=O) groups excluding carboxylic acids is 1. The standard InChI is InChI=1S/C25H22N2O6S2/c1-33-25(30)20-8-5-9-21-23(20)22(16-27(21)35(32)19-6-3-2-4-7-19)34(31)26-15-14-17-10-12-18(13-11-17)24(28)29/h2-13,16,26H,14-15H2,1H3,(H,28,29). The molecule has 0 saturated heterocycles. The van der Waals surface area contributed by atoms with Gasteiger partial charge in [0.15, 0.2) is 11.0 Å². The summed E-state index contributed by atoms with van der Waals surface area (Å²) < 4.78 is 36.0. The number of aromatic carboxylic acids is 1. The molecule has 0 aliphatic carbocycles. The molecule has 2 unspecified atom stereocenters. The van der Waals surface area contributed by atoms with E-state index < -0.39 is 33.9 Å². The molecule has 8 nitrogen and oxygen atoms in total. The first-order valence-corrected chi connectivity index (χ1v) is 12.8. The summed E-state index contributed by atoms with van der Waals surface area (Å²) in [5.41, 5.74) is 1.79. The van der Waals surface area contributed by atoms with Gasteiger partial charge in [0, 0.05) is 18.1 Å². The molecule has 4 rings (SSSR count). The van der Waals surface area contributed by atoms with Gasteiger partial charge in [-0.05, 0) is 48.4 Å². The molecule has 0 aliphatic rings. The molecule has 0 saturated carbocycles. The van der Waals surface area contributed by atoms with E-state index in [2.05, 4.69) is 4.72 Å². The number of rotatable bonds is 9. The van der Waals surface area contributed by atoms with Gasteiger partial charge in [0.25, 0.3) is 0 Å². The number of nitrogens with one attached hydrogen (secondary N) is 1. The van der Waals surface area contributed by atoms with E-state index in [1.807, 2.05) is 6.07 Å². The number of hydrogen-bond acceptors (Lipinski definition) is 5.